The molecule has 0 radical (unpaired) electrons. The smallest absolute Gasteiger partial charge is 0.274 e. The van der Waals surface area contributed by atoms with Crippen LogP contribution in [-0.2, 0) is 0 Å². The number of hydrogen-bond donors (Lipinski definition) is 1. The van der Waals surface area contributed by atoms with Gasteiger partial charge in [0.05, 0.1) is 4.88 Å². The van der Waals surface area contributed by atoms with E-state index in [1.165, 1.54) is 11.1 Å². The molecule has 138 valence electrons. The molecule has 2 heterocycles. The van der Waals surface area contributed by atoms with E-state index >= 15 is 0 Å². The first-order valence-electron chi connectivity index (χ1n) is 9.27. The largest absolute Gasteiger partial charge is 0.414 e. The highest BCUT2D eigenvalue weighted by Gasteiger charge is 2.26. The van der Waals surface area contributed by atoms with Crippen LogP contribution in [0.2, 0.25) is 0 Å². The molecule has 5 heteroatoms. The second kappa shape index (κ2) is 8.14. The van der Waals surface area contributed by atoms with Gasteiger partial charge < -0.3 is 9.73 Å². The van der Waals surface area contributed by atoms with Crippen LogP contribution in [-0.4, -0.2) is 10.2 Å². The normalized spacial score (nSPS) is 14.1. The first kappa shape index (κ1) is 18.8. The van der Waals surface area contributed by atoms with Crippen molar-refractivity contribution in [2.45, 2.75) is 52.6 Å². The van der Waals surface area contributed by atoms with Crippen LogP contribution in [0.3, 0.4) is 0 Å². The van der Waals surface area contributed by atoms with Gasteiger partial charge in [0.1, 0.15) is 6.04 Å². The van der Waals surface area contributed by atoms with E-state index < -0.39 is 0 Å². The molecule has 3 rings (SSSR count). The lowest BCUT2D eigenvalue weighted by Gasteiger charge is -2.22. The second-order valence-corrected chi connectivity index (χ2v) is 8.44. The summed E-state index contributed by atoms with van der Waals surface area (Å²) in [4.78, 5) is 1.01. The molecule has 2 aromatic heterocycles. The monoisotopic (exact) mass is 370 g/mol. The van der Waals surface area contributed by atoms with E-state index in [4.69, 9.17) is 4.42 Å². The maximum Gasteiger partial charge on any atom is 0.274 e. The van der Waals surface area contributed by atoms with Crippen molar-refractivity contribution in [3.63, 3.8) is 0 Å². The average molecular weight is 371 g/mol. The summed E-state index contributed by atoms with van der Waals surface area (Å²) in [6.45, 7) is 11.1. The third kappa shape index (κ3) is 4.22. The molecule has 0 aliphatic heterocycles. The number of aromatic nitrogens is 2. The molecule has 0 fully saturated rings. The van der Waals surface area contributed by atoms with Crippen molar-refractivity contribution in [2.24, 2.45) is 5.92 Å². The number of nitrogens with zero attached hydrogens (tertiary/aromatic N) is 2. The summed E-state index contributed by atoms with van der Waals surface area (Å²) in [5.74, 6) is 2.34. The van der Waals surface area contributed by atoms with Gasteiger partial charge in [0.25, 0.3) is 11.8 Å². The van der Waals surface area contributed by atoms with E-state index in [1.807, 2.05) is 17.5 Å². The molecule has 1 aromatic carbocycles. The van der Waals surface area contributed by atoms with Crippen molar-refractivity contribution in [1.29, 1.82) is 0 Å². The molecule has 4 nitrogen and oxygen atoms in total. The van der Waals surface area contributed by atoms with E-state index in [9.17, 15) is 0 Å². The highest BCUT2D eigenvalue weighted by atomic mass is 32.1. The first-order valence-corrected chi connectivity index (χ1v) is 10.2. The van der Waals surface area contributed by atoms with Crippen molar-refractivity contribution in [3.05, 3.63) is 58.8 Å². The zero-order chi connectivity index (χ0) is 18.7. The Hall–Kier alpha value is -1.98. The summed E-state index contributed by atoms with van der Waals surface area (Å²) in [5.41, 5.74) is 2.72. The number of rotatable bonds is 7. The van der Waals surface area contributed by atoms with Crippen LogP contribution in [0.5, 0.6) is 0 Å². The summed E-state index contributed by atoms with van der Waals surface area (Å²) in [6, 6.07) is 13.5. The summed E-state index contributed by atoms with van der Waals surface area (Å²) in [6.07, 6.45) is 0. The number of quaternary nitrogens is 1. The zero-order valence-electron chi connectivity index (χ0n) is 16.1. The third-order valence-electron chi connectivity index (χ3n) is 4.76. The molecular formula is C21H28N3OS+. The third-order valence-corrected chi connectivity index (χ3v) is 5.62. The Bertz CT molecular complexity index is 806. The van der Waals surface area contributed by atoms with Gasteiger partial charge in [-0.1, -0.05) is 58.0 Å². The molecule has 0 saturated carbocycles. The lowest BCUT2D eigenvalue weighted by Crippen LogP contribution is -2.86. The number of thiophene rings is 1. The lowest BCUT2D eigenvalue weighted by atomic mass is 9.93. The minimum absolute atomic E-state index is 0.105. The molecule has 0 saturated heterocycles. The Labute approximate surface area is 159 Å². The molecule has 26 heavy (non-hydrogen) atoms. The molecule has 0 amide bonds. The van der Waals surface area contributed by atoms with Crippen LogP contribution in [0.4, 0.5) is 0 Å². The van der Waals surface area contributed by atoms with Crippen molar-refractivity contribution < 1.29 is 9.73 Å². The van der Waals surface area contributed by atoms with E-state index in [2.05, 4.69) is 74.4 Å². The fraction of sp³-hybridized carbons (Fsp3) is 0.429. The van der Waals surface area contributed by atoms with Crippen LogP contribution in [0.15, 0.2) is 46.2 Å². The fourth-order valence-electron chi connectivity index (χ4n) is 3.13. The topological polar surface area (TPSA) is 55.5 Å². The van der Waals surface area contributed by atoms with Gasteiger partial charge in [-0.3, -0.25) is 0 Å². The Morgan fingerprint density at radius 3 is 2.19 bits per heavy atom. The van der Waals surface area contributed by atoms with Gasteiger partial charge in [0, 0.05) is 11.5 Å². The Balaban J connectivity index is 1.75. The molecule has 0 bridgehead atoms. The number of hydrogen-bond acceptors (Lipinski definition) is 4. The van der Waals surface area contributed by atoms with Gasteiger partial charge in [-0.2, -0.15) is 0 Å². The quantitative estimate of drug-likeness (QED) is 0.640. The summed E-state index contributed by atoms with van der Waals surface area (Å²) in [5, 5.41) is 12.8. The lowest BCUT2D eigenvalue weighted by molar-refractivity contribution is -0.739. The molecule has 0 spiro atoms. The molecular weight excluding hydrogens is 342 g/mol. The van der Waals surface area contributed by atoms with Gasteiger partial charge in [-0.25, -0.2) is 0 Å². The van der Waals surface area contributed by atoms with Gasteiger partial charge in [-0.15, -0.1) is 21.5 Å². The Kier molecular flexibility index (Phi) is 5.89. The Morgan fingerprint density at radius 2 is 1.62 bits per heavy atom. The first-order chi connectivity index (χ1) is 12.5. The van der Waals surface area contributed by atoms with Crippen molar-refractivity contribution >= 4 is 11.3 Å². The van der Waals surface area contributed by atoms with Crippen LogP contribution >= 0.6 is 11.3 Å². The summed E-state index contributed by atoms with van der Waals surface area (Å²) >= 11 is 1.61. The zero-order valence-corrected chi connectivity index (χ0v) is 17.0. The van der Waals surface area contributed by atoms with Gasteiger partial charge in [0.2, 0.25) is 0 Å². The molecule has 2 N–H and O–H groups in total. The second-order valence-electron chi connectivity index (χ2n) is 7.50. The standard InChI is InChI=1S/C21H27N3OS/c1-13(2)16-8-10-17(11-9-16)19(14(3)4)22-15(5)20-23-24-21(25-20)18-7-6-12-26-18/h6-15,19,22H,1-5H3/p+1/t15-,19+/m1/s1. The molecule has 0 aliphatic carbocycles. The average Bonchev–Trinajstić information content (AvgIpc) is 3.30. The van der Waals surface area contributed by atoms with Gasteiger partial charge in [0.15, 0.2) is 6.04 Å². The predicted octanol–water partition coefficient (Wildman–Crippen LogP) is 4.94. The maximum absolute atomic E-state index is 5.91. The summed E-state index contributed by atoms with van der Waals surface area (Å²) < 4.78 is 5.91. The van der Waals surface area contributed by atoms with Crippen LogP contribution in [0, 0.1) is 5.92 Å². The van der Waals surface area contributed by atoms with Crippen LogP contribution in [0.1, 0.15) is 69.6 Å². The fourth-order valence-corrected chi connectivity index (χ4v) is 3.78. The molecule has 2 atom stereocenters. The van der Waals surface area contributed by atoms with Crippen LogP contribution < -0.4 is 5.32 Å². The van der Waals surface area contributed by atoms with Crippen molar-refractivity contribution in [1.82, 2.24) is 10.2 Å². The Morgan fingerprint density at radius 1 is 0.923 bits per heavy atom. The highest BCUT2D eigenvalue weighted by molar-refractivity contribution is 7.13. The van der Waals surface area contributed by atoms with E-state index in [0.717, 1.165) is 4.88 Å². The van der Waals surface area contributed by atoms with Crippen LogP contribution in [0.25, 0.3) is 10.8 Å². The maximum atomic E-state index is 5.91. The number of nitrogens with two attached hydrogens (primary N) is 1. The van der Waals surface area contributed by atoms with Gasteiger partial charge >= 0.3 is 0 Å². The van der Waals surface area contributed by atoms with E-state index in [1.54, 1.807) is 11.3 Å². The summed E-state index contributed by atoms with van der Waals surface area (Å²) in [7, 11) is 0. The SMILES string of the molecule is CC(C)c1ccc([C@@H]([NH2+][C@H](C)c2nnc(-c3cccs3)o2)C(C)C)cc1. The highest BCUT2D eigenvalue weighted by Crippen LogP contribution is 2.25. The molecule has 0 unspecified atom stereocenters. The molecule has 3 aromatic rings. The molecule has 0 aliphatic rings. The van der Waals surface area contributed by atoms with Crippen molar-refractivity contribution in [2.75, 3.05) is 0 Å². The van der Waals surface area contributed by atoms with E-state index in [-0.39, 0.29) is 6.04 Å². The predicted molar refractivity (Wildman–Crippen MR) is 106 cm³/mol. The number of benzene rings is 1. The minimum atomic E-state index is 0.105. The van der Waals surface area contributed by atoms with E-state index in [0.29, 0.717) is 29.7 Å². The van der Waals surface area contributed by atoms with Gasteiger partial charge in [-0.05, 0) is 29.9 Å². The van der Waals surface area contributed by atoms with Crippen molar-refractivity contribution in [3.8, 4) is 10.8 Å². The minimum Gasteiger partial charge on any atom is -0.414 e.